The molecule has 1 amide bonds. The molecule has 0 aliphatic rings. The number of imidazole rings is 1. The molecular formula is C17H17N3O. The van der Waals surface area contributed by atoms with Crippen molar-refractivity contribution in [2.24, 2.45) is 0 Å². The average Bonchev–Trinajstić information content (AvgIpc) is 2.92. The van der Waals surface area contributed by atoms with Gasteiger partial charge in [-0.05, 0) is 30.7 Å². The smallest absolute Gasteiger partial charge is 0.224 e. The number of benzene rings is 1. The van der Waals surface area contributed by atoms with Gasteiger partial charge in [-0.1, -0.05) is 25.1 Å². The molecule has 0 saturated heterocycles. The number of aromatic nitrogens is 2. The van der Waals surface area contributed by atoms with Crippen LogP contribution in [0.25, 0.3) is 16.9 Å². The van der Waals surface area contributed by atoms with Gasteiger partial charge in [-0.15, -0.1) is 0 Å². The van der Waals surface area contributed by atoms with Crippen LogP contribution in [0.3, 0.4) is 0 Å². The van der Waals surface area contributed by atoms with Crippen LogP contribution in [0.1, 0.15) is 19.8 Å². The van der Waals surface area contributed by atoms with E-state index in [0.717, 1.165) is 29.0 Å². The molecule has 4 nitrogen and oxygen atoms in total. The lowest BCUT2D eigenvalue weighted by atomic mass is 10.1. The van der Waals surface area contributed by atoms with Gasteiger partial charge in [0.2, 0.25) is 5.91 Å². The molecule has 0 spiro atoms. The summed E-state index contributed by atoms with van der Waals surface area (Å²) in [5.74, 6) is 0.0537. The zero-order valence-corrected chi connectivity index (χ0v) is 11.9. The Morgan fingerprint density at radius 2 is 2.00 bits per heavy atom. The summed E-state index contributed by atoms with van der Waals surface area (Å²) in [4.78, 5) is 16.1. The van der Waals surface area contributed by atoms with Crippen molar-refractivity contribution in [3.63, 3.8) is 0 Å². The highest BCUT2D eigenvalue weighted by atomic mass is 16.1. The highest BCUT2D eigenvalue weighted by Gasteiger charge is 2.05. The third kappa shape index (κ3) is 2.94. The molecule has 3 rings (SSSR count). The van der Waals surface area contributed by atoms with Gasteiger partial charge in [-0.25, -0.2) is 4.98 Å². The summed E-state index contributed by atoms with van der Waals surface area (Å²) in [5, 5.41) is 2.88. The zero-order valence-electron chi connectivity index (χ0n) is 11.9. The van der Waals surface area contributed by atoms with Crippen LogP contribution >= 0.6 is 0 Å². The SMILES string of the molecule is CCCC(=O)Nc1ccc(-c2cn3ccccc3n2)cc1. The Labute approximate surface area is 123 Å². The molecule has 2 aromatic heterocycles. The summed E-state index contributed by atoms with van der Waals surface area (Å²) in [6.07, 6.45) is 5.38. The number of pyridine rings is 1. The molecule has 0 fully saturated rings. The highest BCUT2D eigenvalue weighted by molar-refractivity contribution is 5.90. The number of anilines is 1. The lowest BCUT2D eigenvalue weighted by Gasteiger charge is -2.04. The van der Waals surface area contributed by atoms with E-state index >= 15 is 0 Å². The second kappa shape index (κ2) is 5.79. The molecule has 0 unspecified atom stereocenters. The molecule has 0 bridgehead atoms. The van der Waals surface area contributed by atoms with E-state index in [9.17, 15) is 4.79 Å². The number of rotatable bonds is 4. The normalized spacial score (nSPS) is 10.7. The van der Waals surface area contributed by atoms with Crippen LogP contribution in [-0.2, 0) is 4.79 Å². The number of nitrogens with zero attached hydrogens (tertiary/aromatic N) is 2. The molecule has 0 aliphatic heterocycles. The maximum absolute atomic E-state index is 11.6. The van der Waals surface area contributed by atoms with Gasteiger partial charge in [-0.2, -0.15) is 0 Å². The lowest BCUT2D eigenvalue weighted by molar-refractivity contribution is -0.116. The molecule has 1 aromatic carbocycles. The van der Waals surface area contributed by atoms with Crippen LogP contribution in [0.5, 0.6) is 0 Å². The standard InChI is InChI=1S/C17H17N3O/c1-2-5-17(21)18-14-9-7-13(8-10-14)15-12-20-11-4-3-6-16(20)19-15/h3-4,6-12H,2,5H2,1H3,(H,18,21). The van der Waals surface area contributed by atoms with Crippen LogP contribution in [0.2, 0.25) is 0 Å². The molecule has 106 valence electrons. The number of hydrogen-bond donors (Lipinski definition) is 1. The van der Waals surface area contributed by atoms with Crippen molar-refractivity contribution in [3.05, 3.63) is 54.9 Å². The van der Waals surface area contributed by atoms with Gasteiger partial charge in [-0.3, -0.25) is 4.79 Å². The summed E-state index contributed by atoms with van der Waals surface area (Å²) in [6.45, 7) is 1.99. The minimum atomic E-state index is 0.0537. The van der Waals surface area contributed by atoms with Crippen LogP contribution in [0.15, 0.2) is 54.9 Å². The van der Waals surface area contributed by atoms with Crippen molar-refractivity contribution in [2.75, 3.05) is 5.32 Å². The zero-order chi connectivity index (χ0) is 14.7. The molecule has 2 heterocycles. The van der Waals surface area contributed by atoms with E-state index in [0.29, 0.717) is 6.42 Å². The first kappa shape index (κ1) is 13.4. The van der Waals surface area contributed by atoms with E-state index in [1.807, 2.05) is 66.2 Å². The summed E-state index contributed by atoms with van der Waals surface area (Å²) < 4.78 is 1.99. The number of carbonyl (C=O) groups excluding carboxylic acids is 1. The van der Waals surface area contributed by atoms with Crippen LogP contribution in [0, 0.1) is 0 Å². The second-order valence-electron chi connectivity index (χ2n) is 4.97. The third-order valence-corrected chi connectivity index (χ3v) is 3.31. The first-order chi connectivity index (χ1) is 10.3. The van der Waals surface area contributed by atoms with Gasteiger partial charge >= 0.3 is 0 Å². The Morgan fingerprint density at radius 1 is 1.19 bits per heavy atom. The van der Waals surface area contributed by atoms with Crippen LogP contribution in [0.4, 0.5) is 5.69 Å². The van der Waals surface area contributed by atoms with E-state index < -0.39 is 0 Å². The largest absolute Gasteiger partial charge is 0.326 e. The van der Waals surface area contributed by atoms with E-state index in [-0.39, 0.29) is 5.91 Å². The van der Waals surface area contributed by atoms with Crippen LogP contribution < -0.4 is 5.32 Å². The number of fused-ring (bicyclic) bond motifs is 1. The van der Waals surface area contributed by atoms with Crippen molar-refractivity contribution in [2.45, 2.75) is 19.8 Å². The molecule has 3 aromatic rings. The average molecular weight is 279 g/mol. The Hall–Kier alpha value is -2.62. The summed E-state index contributed by atoms with van der Waals surface area (Å²) in [7, 11) is 0. The van der Waals surface area contributed by atoms with E-state index in [2.05, 4.69) is 10.3 Å². The number of amides is 1. The second-order valence-corrected chi connectivity index (χ2v) is 4.97. The van der Waals surface area contributed by atoms with E-state index in [4.69, 9.17) is 0 Å². The van der Waals surface area contributed by atoms with Gasteiger partial charge in [0.25, 0.3) is 0 Å². The summed E-state index contributed by atoms with van der Waals surface area (Å²) in [5.41, 5.74) is 3.70. The fourth-order valence-electron chi connectivity index (χ4n) is 2.25. The van der Waals surface area contributed by atoms with Crippen molar-refractivity contribution in [1.29, 1.82) is 0 Å². The summed E-state index contributed by atoms with van der Waals surface area (Å²) >= 11 is 0. The molecule has 21 heavy (non-hydrogen) atoms. The molecule has 0 atom stereocenters. The minimum absolute atomic E-state index is 0.0537. The van der Waals surface area contributed by atoms with Gasteiger partial charge < -0.3 is 9.72 Å². The Bertz CT molecular complexity index is 726. The monoisotopic (exact) mass is 279 g/mol. The van der Waals surface area contributed by atoms with Crippen molar-refractivity contribution in [1.82, 2.24) is 9.38 Å². The van der Waals surface area contributed by atoms with Gasteiger partial charge in [0.1, 0.15) is 5.65 Å². The predicted molar refractivity (Wildman–Crippen MR) is 84.2 cm³/mol. The fourth-order valence-corrected chi connectivity index (χ4v) is 2.25. The molecule has 4 heteroatoms. The Morgan fingerprint density at radius 3 is 2.71 bits per heavy atom. The molecule has 0 radical (unpaired) electrons. The first-order valence-corrected chi connectivity index (χ1v) is 7.10. The maximum atomic E-state index is 11.6. The van der Waals surface area contributed by atoms with Crippen molar-refractivity contribution < 1.29 is 4.79 Å². The predicted octanol–water partition coefficient (Wildman–Crippen LogP) is 3.74. The first-order valence-electron chi connectivity index (χ1n) is 7.10. The van der Waals surface area contributed by atoms with E-state index in [1.54, 1.807) is 0 Å². The molecule has 1 N–H and O–H groups in total. The quantitative estimate of drug-likeness (QED) is 0.790. The molecular weight excluding hydrogens is 262 g/mol. The molecule has 0 aliphatic carbocycles. The third-order valence-electron chi connectivity index (χ3n) is 3.31. The summed E-state index contributed by atoms with van der Waals surface area (Å²) in [6, 6.07) is 13.7. The van der Waals surface area contributed by atoms with Crippen molar-refractivity contribution in [3.8, 4) is 11.3 Å². The number of nitrogens with one attached hydrogen (secondary N) is 1. The van der Waals surface area contributed by atoms with E-state index in [1.165, 1.54) is 0 Å². The Kier molecular flexibility index (Phi) is 3.69. The fraction of sp³-hybridized carbons (Fsp3) is 0.176. The topological polar surface area (TPSA) is 46.4 Å². The highest BCUT2D eigenvalue weighted by Crippen LogP contribution is 2.21. The van der Waals surface area contributed by atoms with Gasteiger partial charge in [0, 0.05) is 30.1 Å². The van der Waals surface area contributed by atoms with Gasteiger partial charge in [0.05, 0.1) is 5.69 Å². The number of carbonyl (C=O) groups is 1. The van der Waals surface area contributed by atoms with Crippen LogP contribution in [-0.4, -0.2) is 15.3 Å². The molecule has 0 saturated carbocycles. The van der Waals surface area contributed by atoms with Crippen molar-refractivity contribution >= 4 is 17.2 Å². The maximum Gasteiger partial charge on any atom is 0.224 e. The lowest BCUT2D eigenvalue weighted by Crippen LogP contribution is -2.10. The Balaban J connectivity index is 1.81. The minimum Gasteiger partial charge on any atom is -0.326 e. The van der Waals surface area contributed by atoms with Gasteiger partial charge in [0.15, 0.2) is 0 Å². The number of hydrogen-bond acceptors (Lipinski definition) is 2.